The Labute approximate surface area is 90.2 Å². The van der Waals surface area contributed by atoms with E-state index in [0.717, 1.165) is 5.56 Å². The lowest BCUT2D eigenvalue weighted by Crippen LogP contribution is -2.43. The van der Waals surface area contributed by atoms with E-state index < -0.39 is 11.5 Å². The monoisotopic (exact) mass is 207 g/mol. The number of esters is 1. The largest absolute Gasteiger partial charge is 0.468 e. The number of hydrogen-bond acceptors (Lipinski definition) is 3. The van der Waals surface area contributed by atoms with Gasteiger partial charge in [0.2, 0.25) is 0 Å². The van der Waals surface area contributed by atoms with E-state index in [2.05, 4.69) is 0 Å². The van der Waals surface area contributed by atoms with E-state index in [1.54, 1.807) is 0 Å². The Morgan fingerprint density at radius 2 is 1.87 bits per heavy atom. The first-order valence-corrected chi connectivity index (χ1v) is 4.88. The minimum atomic E-state index is -0.631. The second kappa shape index (κ2) is 4.45. The van der Waals surface area contributed by atoms with Crippen molar-refractivity contribution in [3.63, 3.8) is 0 Å². The van der Waals surface area contributed by atoms with Crippen LogP contribution in [0.25, 0.3) is 0 Å². The SMILES string of the molecule is COC(=O)[C@H](c1ccccc1)C(C)(C)N. The van der Waals surface area contributed by atoms with Gasteiger partial charge < -0.3 is 10.5 Å². The molecule has 0 bridgehead atoms. The van der Waals surface area contributed by atoms with Crippen molar-refractivity contribution in [2.24, 2.45) is 5.73 Å². The molecule has 0 saturated carbocycles. The number of methoxy groups -OCH3 is 1. The van der Waals surface area contributed by atoms with Crippen LogP contribution in [0.15, 0.2) is 30.3 Å². The summed E-state index contributed by atoms with van der Waals surface area (Å²) in [5, 5.41) is 0. The first-order chi connectivity index (χ1) is 6.96. The zero-order valence-corrected chi connectivity index (χ0v) is 9.36. The van der Waals surface area contributed by atoms with E-state index in [1.807, 2.05) is 44.2 Å². The molecule has 0 aliphatic rings. The molecule has 0 unspecified atom stereocenters. The lowest BCUT2D eigenvalue weighted by atomic mass is 9.83. The number of carbonyl (C=O) groups excluding carboxylic acids is 1. The Morgan fingerprint density at radius 1 is 1.33 bits per heavy atom. The fraction of sp³-hybridized carbons (Fsp3) is 0.417. The van der Waals surface area contributed by atoms with Crippen molar-refractivity contribution >= 4 is 5.97 Å². The Hall–Kier alpha value is -1.35. The van der Waals surface area contributed by atoms with Gasteiger partial charge in [-0.3, -0.25) is 4.79 Å². The fourth-order valence-corrected chi connectivity index (χ4v) is 1.63. The number of carbonyl (C=O) groups is 1. The summed E-state index contributed by atoms with van der Waals surface area (Å²) in [6.07, 6.45) is 0. The van der Waals surface area contributed by atoms with Crippen molar-refractivity contribution in [3.05, 3.63) is 35.9 Å². The summed E-state index contributed by atoms with van der Waals surface area (Å²) in [5.41, 5.74) is 6.24. The highest BCUT2D eigenvalue weighted by Crippen LogP contribution is 2.27. The van der Waals surface area contributed by atoms with Gasteiger partial charge in [-0.2, -0.15) is 0 Å². The van der Waals surface area contributed by atoms with Crippen molar-refractivity contribution in [2.75, 3.05) is 7.11 Å². The van der Waals surface area contributed by atoms with Crippen LogP contribution in [-0.2, 0) is 9.53 Å². The molecule has 15 heavy (non-hydrogen) atoms. The molecule has 1 aromatic carbocycles. The van der Waals surface area contributed by atoms with Gasteiger partial charge in [-0.05, 0) is 19.4 Å². The molecule has 3 nitrogen and oxygen atoms in total. The molecule has 0 heterocycles. The molecule has 1 aromatic rings. The maximum absolute atomic E-state index is 11.7. The number of nitrogens with two attached hydrogens (primary N) is 1. The van der Waals surface area contributed by atoms with Crippen molar-refractivity contribution in [1.29, 1.82) is 0 Å². The van der Waals surface area contributed by atoms with Gasteiger partial charge in [0.15, 0.2) is 0 Å². The number of hydrogen-bond donors (Lipinski definition) is 1. The van der Waals surface area contributed by atoms with Gasteiger partial charge in [-0.1, -0.05) is 30.3 Å². The molecule has 0 aliphatic heterocycles. The number of rotatable bonds is 3. The average molecular weight is 207 g/mol. The molecule has 2 N–H and O–H groups in total. The topological polar surface area (TPSA) is 52.3 Å². The molecule has 82 valence electrons. The van der Waals surface area contributed by atoms with Gasteiger partial charge in [0.05, 0.1) is 13.0 Å². The molecular weight excluding hydrogens is 190 g/mol. The van der Waals surface area contributed by atoms with E-state index in [4.69, 9.17) is 10.5 Å². The molecule has 3 heteroatoms. The summed E-state index contributed by atoms with van der Waals surface area (Å²) in [6, 6.07) is 9.45. The maximum Gasteiger partial charge on any atom is 0.315 e. The average Bonchev–Trinajstić information content (AvgIpc) is 2.17. The lowest BCUT2D eigenvalue weighted by Gasteiger charge is -2.28. The number of ether oxygens (including phenoxy) is 1. The normalized spacial score (nSPS) is 13.3. The van der Waals surface area contributed by atoms with Gasteiger partial charge in [0.25, 0.3) is 0 Å². The minimum Gasteiger partial charge on any atom is -0.468 e. The van der Waals surface area contributed by atoms with Crippen molar-refractivity contribution < 1.29 is 9.53 Å². The molecule has 0 saturated heterocycles. The van der Waals surface area contributed by atoms with Crippen LogP contribution in [-0.4, -0.2) is 18.6 Å². The second-order valence-corrected chi connectivity index (χ2v) is 4.19. The number of benzene rings is 1. The molecule has 0 radical (unpaired) electrons. The van der Waals surface area contributed by atoms with Gasteiger partial charge in [0, 0.05) is 5.54 Å². The summed E-state index contributed by atoms with van der Waals surface area (Å²) < 4.78 is 4.77. The Morgan fingerprint density at radius 3 is 2.27 bits per heavy atom. The second-order valence-electron chi connectivity index (χ2n) is 4.19. The van der Waals surface area contributed by atoms with Crippen LogP contribution in [0.2, 0.25) is 0 Å². The van der Waals surface area contributed by atoms with E-state index in [1.165, 1.54) is 7.11 Å². The van der Waals surface area contributed by atoms with Crippen LogP contribution in [0, 0.1) is 0 Å². The zero-order valence-electron chi connectivity index (χ0n) is 9.36. The highest BCUT2D eigenvalue weighted by Gasteiger charge is 2.33. The minimum absolute atomic E-state index is 0.297. The zero-order chi connectivity index (χ0) is 11.5. The van der Waals surface area contributed by atoms with Crippen LogP contribution in [0.5, 0.6) is 0 Å². The first kappa shape index (κ1) is 11.7. The smallest absolute Gasteiger partial charge is 0.315 e. The molecule has 0 aliphatic carbocycles. The standard InChI is InChI=1S/C12H17NO2/c1-12(2,13)10(11(14)15-3)9-7-5-4-6-8-9/h4-8,10H,13H2,1-3H3/t10-/m0/s1. The van der Waals surface area contributed by atoms with Gasteiger partial charge in [-0.25, -0.2) is 0 Å². The predicted molar refractivity (Wildman–Crippen MR) is 59.5 cm³/mol. The van der Waals surface area contributed by atoms with E-state index >= 15 is 0 Å². The summed E-state index contributed by atoms with van der Waals surface area (Å²) in [7, 11) is 1.38. The molecular formula is C12H17NO2. The van der Waals surface area contributed by atoms with E-state index in [-0.39, 0.29) is 5.97 Å². The molecule has 1 atom stereocenters. The summed E-state index contributed by atoms with van der Waals surface area (Å²) in [6.45, 7) is 3.64. The van der Waals surface area contributed by atoms with E-state index in [9.17, 15) is 4.79 Å². The summed E-state index contributed by atoms with van der Waals surface area (Å²) >= 11 is 0. The van der Waals surface area contributed by atoms with Gasteiger partial charge in [0.1, 0.15) is 0 Å². The fourth-order valence-electron chi connectivity index (χ4n) is 1.63. The highest BCUT2D eigenvalue weighted by atomic mass is 16.5. The Balaban J connectivity index is 3.08. The van der Waals surface area contributed by atoms with Crippen LogP contribution in [0.4, 0.5) is 0 Å². The predicted octanol–water partition coefficient (Wildman–Crippen LogP) is 1.68. The van der Waals surface area contributed by atoms with Crippen molar-refractivity contribution in [3.8, 4) is 0 Å². The maximum atomic E-state index is 11.7. The van der Waals surface area contributed by atoms with Crippen LogP contribution < -0.4 is 5.73 Å². The highest BCUT2D eigenvalue weighted by molar-refractivity contribution is 5.79. The van der Waals surface area contributed by atoms with Gasteiger partial charge in [-0.15, -0.1) is 0 Å². The third kappa shape index (κ3) is 2.80. The molecule has 1 rings (SSSR count). The van der Waals surface area contributed by atoms with Gasteiger partial charge >= 0.3 is 5.97 Å². The van der Waals surface area contributed by atoms with E-state index in [0.29, 0.717) is 0 Å². The third-order valence-corrected chi connectivity index (χ3v) is 2.31. The first-order valence-electron chi connectivity index (χ1n) is 4.88. The molecule has 0 amide bonds. The van der Waals surface area contributed by atoms with Crippen molar-refractivity contribution in [1.82, 2.24) is 0 Å². The lowest BCUT2D eigenvalue weighted by molar-refractivity contribution is -0.143. The van der Waals surface area contributed by atoms with Crippen LogP contribution in [0.1, 0.15) is 25.3 Å². The summed E-state index contributed by atoms with van der Waals surface area (Å²) in [5.74, 6) is -0.725. The Kier molecular flexibility index (Phi) is 3.48. The Bertz CT molecular complexity index is 327. The molecule has 0 spiro atoms. The van der Waals surface area contributed by atoms with Crippen molar-refractivity contribution in [2.45, 2.75) is 25.3 Å². The summed E-state index contributed by atoms with van der Waals surface area (Å²) in [4.78, 5) is 11.7. The van der Waals surface area contributed by atoms with Crippen LogP contribution in [0.3, 0.4) is 0 Å². The van der Waals surface area contributed by atoms with Crippen LogP contribution >= 0.6 is 0 Å². The molecule has 0 fully saturated rings. The molecule has 0 aromatic heterocycles. The quantitative estimate of drug-likeness (QED) is 0.767. The third-order valence-electron chi connectivity index (χ3n) is 2.31.